The molecule has 0 radical (unpaired) electrons. The molecule has 1 aromatic carbocycles. The number of ether oxygens (including phenoxy) is 1. The quantitative estimate of drug-likeness (QED) is 0.881. The van der Waals surface area contributed by atoms with Crippen LogP contribution in [-0.4, -0.2) is 23.6 Å². The highest BCUT2D eigenvalue weighted by Gasteiger charge is 2.05. The van der Waals surface area contributed by atoms with Gasteiger partial charge in [0.15, 0.2) is 0 Å². The Morgan fingerprint density at radius 1 is 1.15 bits per heavy atom. The lowest BCUT2D eigenvalue weighted by atomic mass is 10.3. The lowest BCUT2D eigenvalue weighted by Gasteiger charge is -2.09. The molecular weight excluding hydrogens is 266 g/mol. The van der Waals surface area contributed by atoms with Crippen molar-refractivity contribution in [2.45, 2.75) is 13.5 Å². The van der Waals surface area contributed by atoms with E-state index in [1.807, 2.05) is 6.92 Å². The number of anilines is 3. The number of hydrogen-bond acceptors (Lipinski definition) is 5. The van der Waals surface area contributed by atoms with Crippen LogP contribution in [0.15, 0.2) is 30.3 Å². The number of benzene rings is 1. The first-order valence-corrected chi connectivity index (χ1v) is 5.92. The molecule has 5 nitrogen and oxygen atoms in total. The van der Waals surface area contributed by atoms with Crippen molar-refractivity contribution in [2.24, 2.45) is 0 Å². The van der Waals surface area contributed by atoms with Crippen molar-refractivity contribution in [3.63, 3.8) is 0 Å². The summed E-state index contributed by atoms with van der Waals surface area (Å²) in [6.07, 6.45) is 0. The highest BCUT2D eigenvalue weighted by molar-refractivity contribution is 5.58. The average Bonchev–Trinajstić information content (AvgIpc) is 2.39. The second-order valence-electron chi connectivity index (χ2n) is 4.00. The molecule has 0 saturated carbocycles. The van der Waals surface area contributed by atoms with Crippen LogP contribution in [-0.2, 0) is 0 Å². The Morgan fingerprint density at radius 3 is 2.45 bits per heavy atom. The third kappa shape index (κ3) is 3.78. The van der Waals surface area contributed by atoms with E-state index in [0.717, 1.165) is 5.69 Å². The molecule has 0 saturated heterocycles. The Kier molecular flexibility index (Phi) is 4.29. The van der Waals surface area contributed by atoms with Crippen LogP contribution >= 0.6 is 0 Å². The van der Waals surface area contributed by atoms with Gasteiger partial charge in [-0.1, -0.05) is 0 Å². The molecule has 0 aliphatic carbocycles. The molecule has 7 heteroatoms. The van der Waals surface area contributed by atoms with E-state index < -0.39 is 6.61 Å². The molecule has 0 amide bonds. The summed E-state index contributed by atoms with van der Waals surface area (Å²) in [6.45, 7) is -0.968. The molecule has 0 fully saturated rings. The Bertz CT molecular complexity index is 575. The van der Waals surface area contributed by atoms with Gasteiger partial charge in [0.2, 0.25) is 5.95 Å². The third-order valence-corrected chi connectivity index (χ3v) is 2.43. The van der Waals surface area contributed by atoms with Crippen LogP contribution in [0.5, 0.6) is 5.75 Å². The number of nitrogens with zero attached hydrogens (tertiary/aromatic N) is 2. The SMILES string of the molecule is CNc1nc(C)cc(Nc2ccc(OC(F)F)cc2)n1. The summed E-state index contributed by atoms with van der Waals surface area (Å²) in [5.74, 6) is 1.23. The van der Waals surface area contributed by atoms with Crippen LogP contribution in [0.1, 0.15) is 5.69 Å². The number of aromatic nitrogens is 2. The van der Waals surface area contributed by atoms with Gasteiger partial charge in [-0.3, -0.25) is 0 Å². The average molecular weight is 280 g/mol. The van der Waals surface area contributed by atoms with Gasteiger partial charge in [0.05, 0.1) is 0 Å². The first kappa shape index (κ1) is 14.0. The van der Waals surface area contributed by atoms with E-state index in [4.69, 9.17) is 0 Å². The topological polar surface area (TPSA) is 59.1 Å². The van der Waals surface area contributed by atoms with Gasteiger partial charge in [0.1, 0.15) is 11.6 Å². The van der Waals surface area contributed by atoms with E-state index in [-0.39, 0.29) is 5.75 Å². The summed E-state index contributed by atoms with van der Waals surface area (Å²) in [7, 11) is 1.73. The van der Waals surface area contributed by atoms with Crippen LogP contribution in [0, 0.1) is 6.92 Å². The van der Waals surface area contributed by atoms with Gasteiger partial charge in [-0.05, 0) is 31.2 Å². The van der Waals surface area contributed by atoms with Crippen molar-refractivity contribution in [2.75, 3.05) is 17.7 Å². The van der Waals surface area contributed by atoms with Gasteiger partial charge in [-0.25, -0.2) is 4.98 Å². The fraction of sp³-hybridized carbons (Fsp3) is 0.231. The number of alkyl halides is 2. The highest BCUT2D eigenvalue weighted by Crippen LogP contribution is 2.21. The standard InChI is InChI=1S/C13H14F2N4O/c1-8-7-11(19-13(16-2)17-8)18-9-3-5-10(6-4-9)20-12(14)15/h3-7,12H,1-2H3,(H2,16,17,18,19). The van der Waals surface area contributed by atoms with E-state index in [1.165, 1.54) is 12.1 Å². The summed E-state index contributed by atoms with van der Waals surface area (Å²) in [4.78, 5) is 8.41. The largest absolute Gasteiger partial charge is 0.435 e. The third-order valence-electron chi connectivity index (χ3n) is 2.43. The zero-order chi connectivity index (χ0) is 14.5. The summed E-state index contributed by atoms with van der Waals surface area (Å²) >= 11 is 0. The van der Waals surface area contributed by atoms with Gasteiger partial charge in [-0.2, -0.15) is 13.8 Å². The fourth-order valence-corrected chi connectivity index (χ4v) is 1.61. The van der Waals surface area contributed by atoms with E-state index in [0.29, 0.717) is 17.5 Å². The Morgan fingerprint density at radius 2 is 1.85 bits per heavy atom. The van der Waals surface area contributed by atoms with E-state index in [1.54, 1.807) is 25.2 Å². The molecule has 0 atom stereocenters. The minimum Gasteiger partial charge on any atom is -0.435 e. The van der Waals surface area contributed by atoms with Crippen LogP contribution in [0.2, 0.25) is 0 Å². The summed E-state index contributed by atoms with van der Waals surface area (Å²) in [5.41, 5.74) is 1.52. The summed E-state index contributed by atoms with van der Waals surface area (Å²) in [5, 5.41) is 5.92. The van der Waals surface area contributed by atoms with Gasteiger partial charge < -0.3 is 15.4 Å². The summed E-state index contributed by atoms with van der Waals surface area (Å²) in [6, 6.07) is 7.97. The molecule has 1 aromatic heterocycles. The molecule has 2 aromatic rings. The molecule has 2 rings (SSSR count). The predicted molar refractivity (Wildman–Crippen MR) is 72.7 cm³/mol. The molecular formula is C13H14F2N4O. The monoisotopic (exact) mass is 280 g/mol. The number of hydrogen-bond donors (Lipinski definition) is 2. The molecule has 2 N–H and O–H groups in total. The maximum absolute atomic E-state index is 12.0. The number of rotatable bonds is 5. The maximum atomic E-state index is 12.0. The normalized spacial score (nSPS) is 10.4. The van der Waals surface area contributed by atoms with Crippen molar-refractivity contribution >= 4 is 17.5 Å². The lowest BCUT2D eigenvalue weighted by molar-refractivity contribution is -0.0498. The van der Waals surface area contributed by atoms with E-state index in [2.05, 4.69) is 25.3 Å². The van der Waals surface area contributed by atoms with Crippen LogP contribution in [0.3, 0.4) is 0 Å². The number of nitrogens with one attached hydrogen (secondary N) is 2. The fourth-order valence-electron chi connectivity index (χ4n) is 1.61. The van der Waals surface area contributed by atoms with Gasteiger partial charge in [-0.15, -0.1) is 0 Å². The molecule has 0 spiro atoms. The van der Waals surface area contributed by atoms with Gasteiger partial charge in [0, 0.05) is 24.5 Å². The second-order valence-corrected chi connectivity index (χ2v) is 4.00. The van der Waals surface area contributed by atoms with Crippen molar-refractivity contribution in [1.82, 2.24) is 9.97 Å². The second kappa shape index (κ2) is 6.14. The van der Waals surface area contributed by atoms with E-state index in [9.17, 15) is 8.78 Å². The lowest BCUT2D eigenvalue weighted by Crippen LogP contribution is -2.03. The minimum absolute atomic E-state index is 0.111. The summed E-state index contributed by atoms with van der Waals surface area (Å²) < 4.78 is 28.3. The Hall–Kier alpha value is -2.44. The first-order chi connectivity index (χ1) is 9.56. The molecule has 20 heavy (non-hydrogen) atoms. The Labute approximate surface area is 115 Å². The van der Waals surface area contributed by atoms with Crippen molar-refractivity contribution in [3.8, 4) is 5.75 Å². The van der Waals surface area contributed by atoms with Gasteiger partial charge in [0.25, 0.3) is 0 Å². The molecule has 1 heterocycles. The molecule has 0 aliphatic heterocycles. The predicted octanol–water partition coefficient (Wildman–Crippen LogP) is 3.17. The van der Waals surface area contributed by atoms with Crippen LogP contribution in [0.4, 0.5) is 26.2 Å². The number of halogens is 2. The van der Waals surface area contributed by atoms with Crippen LogP contribution in [0.25, 0.3) is 0 Å². The van der Waals surface area contributed by atoms with Crippen molar-refractivity contribution < 1.29 is 13.5 Å². The highest BCUT2D eigenvalue weighted by atomic mass is 19.3. The molecule has 0 bridgehead atoms. The zero-order valence-electron chi connectivity index (χ0n) is 11.0. The zero-order valence-corrected chi connectivity index (χ0v) is 11.0. The minimum atomic E-state index is -2.82. The van der Waals surface area contributed by atoms with Crippen molar-refractivity contribution in [1.29, 1.82) is 0 Å². The maximum Gasteiger partial charge on any atom is 0.387 e. The number of aryl methyl sites for hydroxylation is 1. The van der Waals surface area contributed by atoms with E-state index >= 15 is 0 Å². The van der Waals surface area contributed by atoms with Crippen LogP contribution < -0.4 is 15.4 Å². The molecule has 0 aliphatic rings. The molecule has 0 unspecified atom stereocenters. The van der Waals surface area contributed by atoms with Gasteiger partial charge >= 0.3 is 6.61 Å². The van der Waals surface area contributed by atoms with Crippen molar-refractivity contribution in [3.05, 3.63) is 36.0 Å². The Balaban J connectivity index is 2.11. The first-order valence-electron chi connectivity index (χ1n) is 5.92. The molecule has 106 valence electrons. The smallest absolute Gasteiger partial charge is 0.387 e.